The van der Waals surface area contributed by atoms with E-state index in [1.165, 1.54) is 89.9 Å². The van der Waals surface area contributed by atoms with Crippen molar-refractivity contribution in [2.75, 3.05) is 11.9 Å². The Bertz CT molecular complexity index is 575. The third-order valence-corrected chi connectivity index (χ3v) is 5.14. The van der Waals surface area contributed by atoms with Crippen molar-refractivity contribution >= 4 is 34.9 Å². The van der Waals surface area contributed by atoms with E-state index < -0.39 is 5.24 Å². The molecule has 0 aliphatic rings. The van der Waals surface area contributed by atoms with Gasteiger partial charge in [-0.15, -0.1) is 12.4 Å². The van der Waals surface area contributed by atoms with Crippen molar-refractivity contribution in [2.45, 2.75) is 96.8 Å². The van der Waals surface area contributed by atoms with E-state index in [9.17, 15) is 4.79 Å². The number of hydrogen-bond donors (Lipinski definition) is 1. The van der Waals surface area contributed by atoms with Crippen molar-refractivity contribution in [1.82, 2.24) is 0 Å². The Labute approximate surface area is 190 Å². The number of benzene rings is 1. The van der Waals surface area contributed by atoms with Gasteiger partial charge >= 0.3 is 0 Å². The topological polar surface area (TPSA) is 29.1 Å². The molecule has 164 valence electrons. The van der Waals surface area contributed by atoms with Crippen LogP contribution in [0.25, 0.3) is 0 Å². The Morgan fingerprint density at radius 2 is 1.24 bits per heavy atom. The Hall–Kier alpha value is -1.17. The number of carbonyl (C=O) groups excluding carboxylic acids is 1. The fraction of sp³-hybridized carbons (Fsp3) is 0.640. The number of carbonyl (C=O) groups is 1. The van der Waals surface area contributed by atoms with Crippen molar-refractivity contribution < 1.29 is 4.79 Å². The molecule has 0 bridgehead atoms. The van der Waals surface area contributed by atoms with Crippen molar-refractivity contribution in [3.05, 3.63) is 29.8 Å². The van der Waals surface area contributed by atoms with E-state index in [0.29, 0.717) is 0 Å². The molecule has 0 atom stereocenters. The van der Waals surface area contributed by atoms with Gasteiger partial charge in [0.05, 0.1) is 0 Å². The van der Waals surface area contributed by atoms with E-state index in [1.54, 1.807) is 0 Å². The molecule has 0 unspecified atom stereocenters. The van der Waals surface area contributed by atoms with Gasteiger partial charge in [-0.3, -0.25) is 4.79 Å². The SMILES string of the molecule is CCCCCCCCCCCCCCCCNc1ccc(C#CC(=O)Cl)cc1.Cl. The van der Waals surface area contributed by atoms with Crippen LogP contribution < -0.4 is 5.32 Å². The molecule has 0 heterocycles. The van der Waals surface area contributed by atoms with Crippen LogP contribution in [0.5, 0.6) is 0 Å². The number of unbranched alkanes of at least 4 members (excludes halogenated alkanes) is 13. The summed E-state index contributed by atoms with van der Waals surface area (Å²) >= 11 is 5.21. The summed E-state index contributed by atoms with van der Waals surface area (Å²) in [5, 5.41) is 2.81. The summed E-state index contributed by atoms with van der Waals surface area (Å²) in [5.41, 5.74) is 1.90. The minimum absolute atomic E-state index is 0. The predicted octanol–water partition coefficient (Wildman–Crippen LogP) is 8.12. The first-order valence-electron chi connectivity index (χ1n) is 11.3. The Morgan fingerprint density at radius 1 is 0.793 bits per heavy atom. The highest BCUT2D eigenvalue weighted by Gasteiger charge is 1.96. The maximum Gasteiger partial charge on any atom is 0.296 e. The smallest absolute Gasteiger partial charge is 0.296 e. The van der Waals surface area contributed by atoms with Crippen molar-refractivity contribution in [2.24, 2.45) is 0 Å². The quantitative estimate of drug-likeness (QED) is 0.160. The molecule has 0 radical (unpaired) electrons. The summed E-state index contributed by atoms with van der Waals surface area (Å²) in [6.45, 7) is 3.28. The Kier molecular flexibility index (Phi) is 19.3. The monoisotopic (exact) mass is 439 g/mol. The second-order valence-corrected chi connectivity index (χ2v) is 7.97. The van der Waals surface area contributed by atoms with Gasteiger partial charge in [-0.05, 0) is 48.2 Å². The Morgan fingerprint density at radius 3 is 1.69 bits per heavy atom. The van der Waals surface area contributed by atoms with Gasteiger partial charge in [-0.2, -0.15) is 0 Å². The van der Waals surface area contributed by atoms with Gasteiger partial charge in [-0.1, -0.05) is 96.3 Å². The second kappa shape index (κ2) is 20.1. The largest absolute Gasteiger partial charge is 0.385 e. The highest BCUT2D eigenvalue weighted by Crippen LogP contribution is 2.13. The molecule has 29 heavy (non-hydrogen) atoms. The van der Waals surface area contributed by atoms with Gasteiger partial charge < -0.3 is 5.32 Å². The highest BCUT2D eigenvalue weighted by molar-refractivity contribution is 6.68. The van der Waals surface area contributed by atoms with Crippen LogP contribution in [0.1, 0.15) is 102 Å². The summed E-state index contributed by atoms with van der Waals surface area (Å²) in [6.07, 6.45) is 19.4. The summed E-state index contributed by atoms with van der Waals surface area (Å²) in [5.74, 6) is 5.07. The molecule has 1 N–H and O–H groups in total. The van der Waals surface area contributed by atoms with E-state index in [4.69, 9.17) is 11.6 Å². The molecule has 0 aliphatic carbocycles. The van der Waals surface area contributed by atoms with Gasteiger partial charge in [0.15, 0.2) is 0 Å². The van der Waals surface area contributed by atoms with Gasteiger partial charge in [0.25, 0.3) is 5.24 Å². The molecule has 0 saturated heterocycles. The van der Waals surface area contributed by atoms with E-state index >= 15 is 0 Å². The first kappa shape index (κ1) is 27.8. The predicted molar refractivity (Wildman–Crippen MR) is 130 cm³/mol. The summed E-state index contributed by atoms with van der Waals surface area (Å²) in [6, 6.07) is 7.79. The van der Waals surface area contributed by atoms with Crippen LogP contribution in [0.4, 0.5) is 5.69 Å². The van der Waals surface area contributed by atoms with Crippen LogP contribution in [0.2, 0.25) is 0 Å². The number of anilines is 1. The van der Waals surface area contributed by atoms with Gasteiger partial charge in [0, 0.05) is 17.8 Å². The summed E-state index contributed by atoms with van der Waals surface area (Å²) < 4.78 is 0. The standard InChI is InChI=1S/C25H38ClNO.ClH/c1-2-3-4-5-6-7-8-9-10-11-12-13-14-15-22-27-24-19-16-23(17-20-24)18-21-25(26)28;/h16-17,19-20,27H,2-15,22H2,1H3;1H. The lowest BCUT2D eigenvalue weighted by molar-refractivity contribution is -0.107. The fourth-order valence-corrected chi connectivity index (χ4v) is 3.39. The number of halogens is 2. The van der Waals surface area contributed by atoms with Crippen LogP contribution in [-0.4, -0.2) is 11.8 Å². The van der Waals surface area contributed by atoms with Crippen LogP contribution in [0.15, 0.2) is 24.3 Å². The zero-order valence-corrected chi connectivity index (χ0v) is 19.7. The number of hydrogen-bond acceptors (Lipinski definition) is 2. The van der Waals surface area contributed by atoms with E-state index in [0.717, 1.165) is 17.8 Å². The van der Waals surface area contributed by atoms with E-state index in [2.05, 4.69) is 24.1 Å². The molecule has 0 saturated carbocycles. The number of rotatable bonds is 16. The molecule has 0 aliphatic heterocycles. The molecule has 1 aromatic rings. The van der Waals surface area contributed by atoms with Crippen molar-refractivity contribution in [1.29, 1.82) is 0 Å². The summed E-state index contributed by atoms with van der Waals surface area (Å²) in [7, 11) is 0. The molecular formula is C25H39Cl2NO. The van der Waals surface area contributed by atoms with E-state index in [-0.39, 0.29) is 12.4 Å². The lowest BCUT2D eigenvalue weighted by Crippen LogP contribution is -2.01. The first-order valence-corrected chi connectivity index (χ1v) is 11.7. The minimum atomic E-state index is -0.625. The first-order chi connectivity index (χ1) is 13.7. The molecular weight excluding hydrogens is 401 g/mol. The maximum absolute atomic E-state index is 10.6. The van der Waals surface area contributed by atoms with Gasteiger partial charge in [-0.25, -0.2) is 0 Å². The van der Waals surface area contributed by atoms with Crippen molar-refractivity contribution in [3.8, 4) is 11.8 Å². The van der Waals surface area contributed by atoms with E-state index in [1.807, 2.05) is 24.3 Å². The lowest BCUT2D eigenvalue weighted by Gasteiger charge is -2.06. The molecule has 0 amide bonds. The van der Waals surface area contributed by atoms with Crippen LogP contribution in [0, 0.1) is 11.8 Å². The third kappa shape index (κ3) is 17.4. The zero-order valence-electron chi connectivity index (χ0n) is 18.1. The maximum atomic E-state index is 10.6. The van der Waals surface area contributed by atoms with Crippen molar-refractivity contribution in [3.63, 3.8) is 0 Å². The molecule has 0 aromatic heterocycles. The average molecular weight is 440 g/mol. The fourth-order valence-electron chi connectivity index (χ4n) is 3.34. The van der Waals surface area contributed by atoms with Crippen LogP contribution in [0.3, 0.4) is 0 Å². The van der Waals surface area contributed by atoms with Gasteiger partial charge in [0.2, 0.25) is 0 Å². The third-order valence-electron chi connectivity index (χ3n) is 5.05. The van der Waals surface area contributed by atoms with Gasteiger partial charge in [0.1, 0.15) is 0 Å². The molecule has 2 nitrogen and oxygen atoms in total. The molecule has 0 fully saturated rings. The highest BCUT2D eigenvalue weighted by atomic mass is 35.5. The number of nitrogens with one attached hydrogen (secondary N) is 1. The minimum Gasteiger partial charge on any atom is -0.385 e. The zero-order chi connectivity index (χ0) is 20.3. The molecule has 0 spiro atoms. The molecule has 1 rings (SSSR count). The molecule has 4 heteroatoms. The average Bonchev–Trinajstić information content (AvgIpc) is 2.70. The van der Waals surface area contributed by atoms with Crippen LogP contribution >= 0.6 is 24.0 Å². The second-order valence-electron chi connectivity index (χ2n) is 7.62. The molecule has 1 aromatic carbocycles. The summed E-state index contributed by atoms with van der Waals surface area (Å²) in [4.78, 5) is 10.6. The van der Waals surface area contributed by atoms with Crippen LogP contribution in [-0.2, 0) is 4.79 Å². The lowest BCUT2D eigenvalue weighted by atomic mass is 10.0. The Balaban J connectivity index is 0.00000784. The normalized spacial score (nSPS) is 10.0.